The highest BCUT2D eigenvalue weighted by atomic mass is 35.5. The third-order valence-electron chi connectivity index (χ3n) is 3.88. The first kappa shape index (κ1) is 17.5. The number of nitrogens with one attached hydrogen (secondary N) is 1. The smallest absolute Gasteiger partial charge is 0.130 e. The van der Waals surface area contributed by atoms with E-state index in [1.165, 1.54) is 18.4 Å². The number of rotatable bonds is 7. The zero-order valence-corrected chi connectivity index (χ0v) is 14.6. The van der Waals surface area contributed by atoms with E-state index in [1.807, 2.05) is 14.0 Å². The molecular weight excluding hydrogens is 270 g/mol. The van der Waals surface area contributed by atoms with Crippen molar-refractivity contribution in [3.05, 3.63) is 16.4 Å². The highest BCUT2D eigenvalue weighted by Crippen LogP contribution is 2.25. The normalized spacial score (nSPS) is 13.8. The molecule has 1 unspecified atom stereocenters. The van der Waals surface area contributed by atoms with E-state index in [1.54, 1.807) is 4.68 Å². The summed E-state index contributed by atoms with van der Waals surface area (Å²) in [5.41, 5.74) is 2.56. The predicted octanol–water partition coefficient (Wildman–Crippen LogP) is 4.12. The fourth-order valence-corrected chi connectivity index (χ4v) is 2.87. The molecule has 0 radical (unpaired) electrons. The molecule has 1 aromatic heterocycles. The SMILES string of the molecule is CCCNC(CCCc1c(C)nn(C)c1Cl)C(C)(C)C. The third-order valence-corrected chi connectivity index (χ3v) is 4.35. The van der Waals surface area contributed by atoms with Crippen LogP contribution in [0.2, 0.25) is 5.15 Å². The van der Waals surface area contributed by atoms with Crippen LogP contribution in [0.25, 0.3) is 0 Å². The maximum Gasteiger partial charge on any atom is 0.130 e. The average molecular weight is 300 g/mol. The summed E-state index contributed by atoms with van der Waals surface area (Å²) in [6.07, 6.45) is 4.51. The number of aromatic nitrogens is 2. The van der Waals surface area contributed by atoms with Gasteiger partial charge in [0.1, 0.15) is 5.15 Å². The monoisotopic (exact) mass is 299 g/mol. The Labute approximate surface area is 129 Å². The van der Waals surface area contributed by atoms with E-state index in [4.69, 9.17) is 11.6 Å². The van der Waals surface area contributed by atoms with Crippen molar-refractivity contribution >= 4 is 11.6 Å². The van der Waals surface area contributed by atoms with Gasteiger partial charge in [-0.3, -0.25) is 4.68 Å². The minimum Gasteiger partial charge on any atom is -0.313 e. The van der Waals surface area contributed by atoms with Gasteiger partial charge in [-0.1, -0.05) is 39.3 Å². The standard InChI is InChI=1S/C16H30ClN3/c1-7-11-18-14(16(3,4)5)10-8-9-13-12(2)19-20(6)15(13)17/h14,18H,7-11H2,1-6H3. The van der Waals surface area contributed by atoms with Gasteiger partial charge in [-0.05, 0) is 44.6 Å². The molecule has 1 heterocycles. The molecule has 0 aliphatic heterocycles. The lowest BCUT2D eigenvalue weighted by atomic mass is 9.83. The van der Waals surface area contributed by atoms with Crippen LogP contribution in [0.5, 0.6) is 0 Å². The molecule has 0 spiro atoms. The van der Waals surface area contributed by atoms with Gasteiger partial charge >= 0.3 is 0 Å². The summed E-state index contributed by atoms with van der Waals surface area (Å²) < 4.78 is 1.77. The second-order valence-corrected chi connectivity index (χ2v) is 7.10. The first-order chi connectivity index (χ1) is 9.27. The molecule has 3 nitrogen and oxygen atoms in total. The Morgan fingerprint density at radius 3 is 2.45 bits per heavy atom. The summed E-state index contributed by atoms with van der Waals surface area (Å²) in [5, 5.41) is 8.84. The maximum atomic E-state index is 6.29. The van der Waals surface area contributed by atoms with Gasteiger partial charge in [-0.15, -0.1) is 0 Å². The van der Waals surface area contributed by atoms with Gasteiger partial charge in [0, 0.05) is 18.7 Å². The van der Waals surface area contributed by atoms with Crippen LogP contribution in [0.1, 0.15) is 58.2 Å². The maximum absolute atomic E-state index is 6.29. The van der Waals surface area contributed by atoms with Crippen molar-refractivity contribution in [2.75, 3.05) is 6.54 Å². The number of hydrogen-bond acceptors (Lipinski definition) is 2. The van der Waals surface area contributed by atoms with Gasteiger partial charge in [0.25, 0.3) is 0 Å². The van der Waals surface area contributed by atoms with E-state index in [9.17, 15) is 0 Å². The average Bonchev–Trinajstić information content (AvgIpc) is 2.57. The van der Waals surface area contributed by atoms with Crippen LogP contribution in [0.3, 0.4) is 0 Å². The molecule has 0 amide bonds. The van der Waals surface area contributed by atoms with Gasteiger partial charge in [0.05, 0.1) is 5.69 Å². The molecule has 0 bridgehead atoms. The molecule has 0 aromatic carbocycles. The van der Waals surface area contributed by atoms with Gasteiger partial charge in [-0.25, -0.2) is 0 Å². The zero-order chi connectivity index (χ0) is 15.3. The van der Waals surface area contributed by atoms with Crippen molar-refractivity contribution in [2.24, 2.45) is 12.5 Å². The summed E-state index contributed by atoms with van der Waals surface area (Å²) >= 11 is 6.29. The lowest BCUT2D eigenvalue weighted by molar-refractivity contribution is 0.251. The fourth-order valence-electron chi connectivity index (χ4n) is 2.60. The molecule has 116 valence electrons. The van der Waals surface area contributed by atoms with Crippen LogP contribution in [0, 0.1) is 12.3 Å². The Kier molecular flexibility index (Phi) is 6.53. The molecule has 1 N–H and O–H groups in total. The number of nitrogens with zero attached hydrogens (tertiary/aromatic N) is 2. The van der Waals surface area contributed by atoms with Crippen LogP contribution in [0.4, 0.5) is 0 Å². The van der Waals surface area contributed by atoms with Gasteiger partial charge in [0.2, 0.25) is 0 Å². The molecule has 20 heavy (non-hydrogen) atoms. The van der Waals surface area contributed by atoms with Crippen molar-refractivity contribution in [3.8, 4) is 0 Å². The Balaban J connectivity index is 2.56. The lowest BCUT2D eigenvalue weighted by Crippen LogP contribution is -2.40. The zero-order valence-electron chi connectivity index (χ0n) is 13.9. The highest BCUT2D eigenvalue weighted by molar-refractivity contribution is 6.30. The van der Waals surface area contributed by atoms with Gasteiger partial charge < -0.3 is 5.32 Å². The second-order valence-electron chi connectivity index (χ2n) is 6.74. The highest BCUT2D eigenvalue weighted by Gasteiger charge is 2.23. The molecule has 0 saturated carbocycles. The summed E-state index contributed by atoms with van der Waals surface area (Å²) in [6, 6.07) is 0.554. The van der Waals surface area contributed by atoms with E-state index in [0.717, 1.165) is 30.2 Å². The van der Waals surface area contributed by atoms with E-state index >= 15 is 0 Å². The summed E-state index contributed by atoms with van der Waals surface area (Å²) in [4.78, 5) is 0. The third kappa shape index (κ3) is 4.78. The van der Waals surface area contributed by atoms with Crippen LogP contribution >= 0.6 is 11.6 Å². The van der Waals surface area contributed by atoms with Crippen molar-refractivity contribution in [3.63, 3.8) is 0 Å². The largest absolute Gasteiger partial charge is 0.313 e. The first-order valence-electron chi connectivity index (χ1n) is 7.68. The lowest BCUT2D eigenvalue weighted by Gasteiger charge is -2.32. The number of halogens is 1. The van der Waals surface area contributed by atoms with Crippen LogP contribution in [0.15, 0.2) is 0 Å². The van der Waals surface area contributed by atoms with Crippen molar-refractivity contribution in [2.45, 2.75) is 66.3 Å². The molecule has 1 atom stereocenters. The van der Waals surface area contributed by atoms with Crippen molar-refractivity contribution in [1.82, 2.24) is 15.1 Å². The first-order valence-corrected chi connectivity index (χ1v) is 8.06. The van der Waals surface area contributed by atoms with Crippen molar-refractivity contribution in [1.29, 1.82) is 0 Å². The Morgan fingerprint density at radius 1 is 1.35 bits per heavy atom. The molecule has 0 saturated heterocycles. The van der Waals surface area contributed by atoms with Gasteiger partial charge in [-0.2, -0.15) is 5.10 Å². The predicted molar refractivity (Wildman–Crippen MR) is 87.4 cm³/mol. The molecule has 1 rings (SSSR count). The Morgan fingerprint density at radius 2 is 2.00 bits per heavy atom. The topological polar surface area (TPSA) is 29.9 Å². The minimum absolute atomic E-state index is 0.295. The summed E-state index contributed by atoms with van der Waals surface area (Å²) in [7, 11) is 1.90. The summed E-state index contributed by atoms with van der Waals surface area (Å²) in [5.74, 6) is 0. The minimum atomic E-state index is 0.295. The van der Waals surface area contributed by atoms with Crippen LogP contribution in [-0.4, -0.2) is 22.4 Å². The van der Waals surface area contributed by atoms with E-state index in [2.05, 4.69) is 38.1 Å². The van der Waals surface area contributed by atoms with E-state index in [0.29, 0.717) is 11.5 Å². The van der Waals surface area contributed by atoms with Crippen LogP contribution < -0.4 is 5.32 Å². The van der Waals surface area contributed by atoms with E-state index in [-0.39, 0.29) is 0 Å². The molecule has 4 heteroatoms. The van der Waals surface area contributed by atoms with Crippen molar-refractivity contribution < 1.29 is 0 Å². The van der Waals surface area contributed by atoms with E-state index < -0.39 is 0 Å². The Bertz CT molecular complexity index is 418. The van der Waals surface area contributed by atoms with Crippen LogP contribution in [-0.2, 0) is 13.5 Å². The molecule has 0 fully saturated rings. The number of hydrogen-bond donors (Lipinski definition) is 1. The summed E-state index contributed by atoms with van der Waals surface area (Å²) in [6.45, 7) is 12.3. The molecule has 1 aromatic rings. The quantitative estimate of drug-likeness (QED) is 0.821. The molecular formula is C16H30ClN3. The molecule has 0 aliphatic carbocycles. The Hall–Kier alpha value is -0.540. The number of aryl methyl sites for hydroxylation is 2. The second kappa shape index (κ2) is 7.46. The fraction of sp³-hybridized carbons (Fsp3) is 0.812. The van der Waals surface area contributed by atoms with Gasteiger partial charge in [0.15, 0.2) is 0 Å². The molecule has 0 aliphatic rings.